The zero-order chi connectivity index (χ0) is 10.8. The van der Waals surface area contributed by atoms with E-state index in [1.54, 1.807) is 6.20 Å². The van der Waals surface area contributed by atoms with Crippen molar-refractivity contribution in [3.05, 3.63) is 30.1 Å². The van der Waals surface area contributed by atoms with Crippen molar-refractivity contribution >= 4 is 5.97 Å². The Bertz CT molecular complexity index is 353. The molecule has 4 nitrogen and oxygen atoms in total. The lowest BCUT2D eigenvalue weighted by atomic mass is 10.0. The normalized spacial score (nSPS) is 26.7. The molecule has 0 spiro atoms. The highest BCUT2D eigenvalue weighted by Gasteiger charge is 2.34. The third-order valence-corrected chi connectivity index (χ3v) is 2.97. The van der Waals surface area contributed by atoms with Gasteiger partial charge >= 0.3 is 5.97 Å². The minimum atomic E-state index is -0.701. The topological polar surface area (TPSA) is 53.4 Å². The summed E-state index contributed by atoms with van der Waals surface area (Å²) in [7, 11) is 1.96. The molecule has 2 rings (SSSR count). The van der Waals surface area contributed by atoms with Gasteiger partial charge in [0.2, 0.25) is 0 Å². The number of pyridine rings is 1. The molecule has 0 bridgehead atoms. The number of carboxylic acids is 1. The summed E-state index contributed by atoms with van der Waals surface area (Å²) >= 11 is 0. The summed E-state index contributed by atoms with van der Waals surface area (Å²) < 4.78 is 0. The van der Waals surface area contributed by atoms with Crippen LogP contribution in [0.3, 0.4) is 0 Å². The van der Waals surface area contributed by atoms with Gasteiger partial charge in [-0.15, -0.1) is 0 Å². The number of carboxylic acid groups (broad SMARTS) is 1. The maximum atomic E-state index is 10.9. The molecule has 15 heavy (non-hydrogen) atoms. The number of rotatable bonds is 2. The van der Waals surface area contributed by atoms with Crippen molar-refractivity contribution in [2.75, 3.05) is 13.6 Å². The fourth-order valence-electron chi connectivity index (χ4n) is 2.14. The first-order valence-electron chi connectivity index (χ1n) is 5.01. The zero-order valence-corrected chi connectivity index (χ0v) is 8.63. The van der Waals surface area contributed by atoms with Gasteiger partial charge in [-0.1, -0.05) is 6.07 Å². The van der Waals surface area contributed by atoms with E-state index in [1.165, 1.54) is 0 Å². The van der Waals surface area contributed by atoms with Crippen LogP contribution in [0.25, 0.3) is 0 Å². The van der Waals surface area contributed by atoms with Gasteiger partial charge in [0.05, 0.1) is 5.92 Å². The van der Waals surface area contributed by atoms with E-state index in [9.17, 15) is 4.79 Å². The number of carbonyl (C=O) groups is 1. The molecule has 0 amide bonds. The van der Waals surface area contributed by atoms with E-state index in [1.807, 2.05) is 25.4 Å². The highest BCUT2D eigenvalue weighted by atomic mass is 16.4. The number of likely N-dealkylation sites (tertiary alicyclic amines) is 1. The standard InChI is InChI=1S/C11H14N2O2/c1-13-7-9(11(14)15)5-10(13)8-3-2-4-12-6-8/h2-4,6,9-10H,5,7H2,1H3,(H,14,15). The Hall–Kier alpha value is -1.42. The molecule has 2 heterocycles. The smallest absolute Gasteiger partial charge is 0.307 e. The third kappa shape index (κ3) is 1.99. The average Bonchev–Trinajstić information content (AvgIpc) is 2.62. The third-order valence-electron chi connectivity index (χ3n) is 2.97. The van der Waals surface area contributed by atoms with E-state index >= 15 is 0 Å². The highest BCUT2D eigenvalue weighted by Crippen LogP contribution is 2.33. The van der Waals surface area contributed by atoms with Crippen molar-refractivity contribution in [3.63, 3.8) is 0 Å². The molecule has 80 valence electrons. The van der Waals surface area contributed by atoms with Gasteiger partial charge in [0.1, 0.15) is 0 Å². The van der Waals surface area contributed by atoms with Crippen molar-refractivity contribution in [1.82, 2.24) is 9.88 Å². The molecule has 0 aliphatic carbocycles. The maximum absolute atomic E-state index is 10.9. The summed E-state index contributed by atoms with van der Waals surface area (Å²) in [5.74, 6) is -0.951. The quantitative estimate of drug-likeness (QED) is 0.789. The summed E-state index contributed by atoms with van der Waals surface area (Å²) in [6, 6.07) is 4.08. The zero-order valence-electron chi connectivity index (χ0n) is 8.63. The molecule has 1 fully saturated rings. The van der Waals surface area contributed by atoms with Crippen LogP contribution in [0.2, 0.25) is 0 Å². The lowest BCUT2D eigenvalue weighted by molar-refractivity contribution is -0.141. The summed E-state index contributed by atoms with van der Waals surface area (Å²) in [5, 5.41) is 8.95. The lowest BCUT2D eigenvalue weighted by Crippen LogP contribution is -2.20. The Balaban J connectivity index is 2.15. The van der Waals surface area contributed by atoms with Gasteiger partial charge in [-0.2, -0.15) is 0 Å². The van der Waals surface area contributed by atoms with Crippen LogP contribution < -0.4 is 0 Å². The molecular formula is C11H14N2O2. The molecule has 0 aromatic carbocycles. The Labute approximate surface area is 88.6 Å². The van der Waals surface area contributed by atoms with Crippen molar-refractivity contribution in [1.29, 1.82) is 0 Å². The van der Waals surface area contributed by atoms with Crippen LogP contribution >= 0.6 is 0 Å². The second-order valence-corrected chi connectivity index (χ2v) is 4.01. The molecule has 2 atom stereocenters. The van der Waals surface area contributed by atoms with Crippen molar-refractivity contribution in [3.8, 4) is 0 Å². The Morgan fingerprint density at radius 1 is 1.67 bits per heavy atom. The van der Waals surface area contributed by atoms with Gasteiger partial charge in [-0.25, -0.2) is 0 Å². The molecule has 1 aromatic rings. The van der Waals surface area contributed by atoms with Crippen molar-refractivity contribution in [2.45, 2.75) is 12.5 Å². The van der Waals surface area contributed by atoms with Crippen LogP contribution in [-0.4, -0.2) is 34.6 Å². The predicted molar refractivity (Wildman–Crippen MR) is 55.4 cm³/mol. The minimum absolute atomic E-state index is 0.194. The molecular weight excluding hydrogens is 192 g/mol. The molecule has 1 aromatic heterocycles. The van der Waals surface area contributed by atoms with E-state index in [0.717, 1.165) is 5.56 Å². The molecule has 1 saturated heterocycles. The van der Waals surface area contributed by atoms with Gasteiger partial charge in [-0.3, -0.25) is 14.7 Å². The fraction of sp³-hybridized carbons (Fsp3) is 0.455. The number of aliphatic carboxylic acids is 1. The molecule has 4 heteroatoms. The number of nitrogens with zero attached hydrogens (tertiary/aromatic N) is 2. The number of aromatic nitrogens is 1. The monoisotopic (exact) mass is 206 g/mol. The van der Waals surface area contributed by atoms with E-state index in [4.69, 9.17) is 5.11 Å². The average molecular weight is 206 g/mol. The SMILES string of the molecule is CN1CC(C(=O)O)CC1c1cccnc1. The van der Waals surface area contributed by atoms with Crippen molar-refractivity contribution < 1.29 is 9.90 Å². The van der Waals surface area contributed by atoms with Crippen LogP contribution in [0.15, 0.2) is 24.5 Å². The molecule has 1 aliphatic rings. The first kappa shape index (κ1) is 10.1. The predicted octanol–water partition coefficient (Wildman–Crippen LogP) is 1.16. The Morgan fingerprint density at radius 2 is 2.47 bits per heavy atom. The fourth-order valence-corrected chi connectivity index (χ4v) is 2.14. The molecule has 0 saturated carbocycles. The summed E-state index contributed by atoms with van der Waals surface area (Å²) in [6.45, 7) is 0.620. The largest absolute Gasteiger partial charge is 0.481 e. The summed E-state index contributed by atoms with van der Waals surface area (Å²) in [5.41, 5.74) is 1.10. The van der Waals surface area contributed by atoms with Gasteiger partial charge in [0.15, 0.2) is 0 Å². The van der Waals surface area contributed by atoms with E-state index in [0.29, 0.717) is 13.0 Å². The van der Waals surface area contributed by atoms with Gasteiger partial charge in [-0.05, 0) is 25.1 Å². The summed E-state index contributed by atoms with van der Waals surface area (Å²) in [6.07, 6.45) is 4.22. The number of hydrogen-bond donors (Lipinski definition) is 1. The van der Waals surface area contributed by atoms with E-state index in [2.05, 4.69) is 9.88 Å². The van der Waals surface area contributed by atoms with E-state index in [-0.39, 0.29) is 12.0 Å². The lowest BCUT2D eigenvalue weighted by Gasteiger charge is -2.18. The Morgan fingerprint density at radius 3 is 3.00 bits per heavy atom. The first-order valence-corrected chi connectivity index (χ1v) is 5.01. The van der Waals surface area contributed by atoms with Gasteiger partial charge in [0.25, 0.3) is 0 Å². The maximum Gasteiger partial charge on any atom is 0.307 e. The van der Waals surface area contributed by atoms with Crippen LogP contribution in [0.1, 0.15) is 18.0 Å². The van der Waals surface area contributed by atoms with Crippen LogP contribution in [0.5, 0.6) is 0 Å². The van der Waals surface area contributed by atoms with E-state index < -0.39 is 5.97 Å². The Kier molecular flexibility index (Phi) is 2.68. The minimum Gasteiger partial charge on any atom is -0.481 e. The van der Waals surface area contributed by atoms with Crippen LogP contribution in [0.4, 0.5) is 0 Å². The van der Waals surface area contributed by atoms with Gasteiger partial charge in [0, 0.05) is 25.0 Å². The molecule has 0 radical (unpaired) electrons. The highest BCUT2D eigenvalue weighted by molar-refractivity contribution is 5.70. The number of hydrogen-bond acceptors (Lipinski definition) is 3. The van der Waals surface area contributed by atoms with Crippen LogP contribution in [0, 0.1) is 5.92 Å². The van der Waals surface area contributed by atoms with Crippen LogP contribution in [-0.2, 0) is 4.79 Å². The summed E-state index contributed by atoms with van der Waals surface area (Å²) in [4.78, 5) is 17.0. The molecule has 2 unspecified atom stereocenters. The first-order chi connectivity index (χ1) is 7.18. The van der Waals surface area contributed by atoms with Crippen molar-refractivity contribution in [2.24, 2.45) is 5.92 Å². The molecule has 1 N–H and O–H groups in total. The second-order valence-electron chi connectivity index (χ2n) is 4.01. The molecule has 1 aliphatic heterocycles. The van der Waals surface area contributed by atoms with Gasteiger partial charge < -0.3 is 5.11 Å². The second kappa shape index (κ2) is 3.98.